The van der Waals surface area contributed by atoms with E-state index >= 15 is 0 Å². The lowest BCUT2D eigenvalue weighted by Gasteiger charge is -2.01. The minimum Gasteiger partial charge on any atom is -0.282 e. The molecule has 4 aromatic rings. The average molecular weight is 438 g/mol. The summed E-state index contributed by atoms with van der Waals surface area (Å²) >= 11 is 0. The van der Waals surface area contributed by atoms with E-state index in [1.165, 1.54) is 33.9 Å². The summed E-state index contributed by atoms with van der Waals surface area (Å²) in [6.45, 7) is 1.73. The number of nitrogens with zero attached hydrogens (tertiary/aromatic N) is 5. The Balaban J connectivity index is 2.03. The molecule has 0 aliphatic rings. The molecule has 0 atom stereocenters. The highest BCUT2D eigenvalue weighted by molar-refractivity contribution is 7.86. The van der Waals surface area contributed by atoms with Gasteiger partial charge >= 0.3 is 11.5 Å². The standard InChI is InChI=1S/C20H15N5O5S/c1-14-11-12-17(18(13-14)25(26)27)24-22-20(21-23(24)15-7-3-2-4-8-15)16-9-5-6-10-19(16)31(28,29)30/h2-13H,1H3/p+1. The molecule has 10 nitrogen and oxygen atoms in total. The average Bonchev–Trinajstić information content (AvgIpc) is 3.19. The molecule has 3 aromatic carbocycles. The largest absolute Gasteiger partial charge is 0.341 e. The molecule has 0 saturated carbocycles. The molecule has 1 N–H and O–H groups in total. The highest BCUT2D eigenvalue weighted by Gasteiger charge is 2.31. The zero-order valence-corrected chi connectivity index (χ0v) is 17.0. The third-order valence-corrected chi connectivity index (χ3v) is 5.41. The molecule has 4 rings (SSSR count). The van der Waals surface area contributed by atoms with Gasteiger partial charge in [0.1, 0.15) is 10.6 Å². The van der Waals surface area contributed by atoms with Crippen LogP contribution in [-0.2, 0) is 10.1 Å². The Kier molecular flexibility index (Phi) is 5.05. The fourth-order valence-electron chi connectivity index (χ4n) is 3.10. The first-order valence-corrected chi connectivity index (χ1v) is 10.5. The van der Waals surface area contributed by atoms with Crippen LogP contribution < -0.4 is 4.80 Å². The van der Waals surface area contributed by atoms with Crippen LogP contribution in [0.4, 0.5) is 5.69 Å². The van der Waals surface area contributed by atoms with Crippen molar-refractivity contribution in [2.45, 2.75) is 11.8 Å². The second-order valence-electron chi connectivity index (χ2n) is 6.66. The predicted molar refractivity (Wildman–Crippen MR) is 110 cm³/mol. The van der Waals surface area contributed by atoms with Gasteiger partial charge in [-0.05, 0) is 52.7 Å². The smallest absolute Gasteiger partial charge is 0.282 e. The molecule has 156 valence electrons. The predicted octanol–water partition coefficient (Wildman–Crippen LogP) is 2.67. The van der Waals surface area contributed by atoms with E-state index in [1.54, 1.807) is 55.5 Å². The number of nitro groups is 1. The molecule has 0 bridgehead atoms. The number of hydrogen-bond donors (Lipinski definition) is 1. The van der Waals surface area contributed by atoms with Crippen LogP contribution in [-0.4, -0.2) is 32.9 Å². The highest BCUT2D eigenvalue weighted by atomic mass is 32.2. The number of aryl methyl sites for hydroxylation is 1. The van der Waals surface area contributed by atoms with E-state index in [4.69, 9.17) is 0 Å². The number of para-hydroxylation sites is 1. The molecule has 0 fully saturated rings. The molecule has 0 saturated heterocycles. The first kappa shape index (κ1) is 20.3. The SMILES string of the molecule is Cc1ccc(-[n+]2nc(-c3ccccc3S(=O)(=O)O)nn2-c2ccccc2)c([N+](=O)[O-])c1. The van der Waals surface area contributed by atoms with Gasteiger partial charge in [-0.15, -0.1) is 0 Å². The van der Waals surface area contributed by atoms with Gasteiger partial charge in [-0.1, -0.05) is 36.4 Å². The molecule has 0 aliphatic carbocycles. The summed E-state index contributed by atoms with van der Waals surface area (Å²) < 4.78 is 33.3. The molecule has 31 heavy (non-hydrogen) atoms. The second-order valence-corrected chi connectivity index (χ2v) is 8.05. The van der Waals surface area contributed by atoms with Gasteiger partial charge in [-0.2, -0.15) is 8.42 Å². The number of aromatic nitrogens is 4. The fraction of sp³-hybridized carbons (Fsp3) is 0.0500. The molecule has 0 spiro atoms. The zero-order chi connectivity index (χ0) is 22.2. The summed E-state index contributed by atoms with van der Waals surface area (Å²) in [4.78, 5) is 13.3. The van der Waals surface area contributed by atoms with Gasteiger partial charge in [-0.25, -0.2) is 0 Å². The molecule has 1 aromatic heterocycles. The third-order valence-electron chi connectivity index (χ3n) is 4.49. The van der Waals surface area contributed by atoms with E-state index in [0.717, 1.165) is 0 Å². The molecule has 0 aliphatic heterocycles. The van der Waals surface area contributed by atoms with Gasteiger partial charge in [0.05, 0.1) is 15.6 Å². The van der Waals surface area contributed by atoms with Crippen molar-refractivity contribution in [2.75, 3.05) is 0 Å². The first-order chi connectivity index (χ1) is 14.8. The van der Waals surface area contributed by atoms with Crippen molar-refractivity contribution >= 4 is 15.8 Å². The van der Waals surface area contributed by atoms with Gasteiger partial charge < -0.3 is 0 Å². The van der Waals surface area contributed by atoms with Crippen LogP contribution in [0.1, 0.15) is 5.56 Å². The Morgan fingerprint density at radius 3 is 2.39 bits per heavy atom. The fourth-order valence-corrected chi connectivity index (χ4v) is 3.79. The van der Waals surface area contributed by atoms with Crippen molar-refractivity contribution in [3.63, 3.8) is 0 Å². The van der Waals surface area contributed by atoms with Gasteiger partial charge in [0.2, 0.25) is 0 Å². The number of benzene rings is 3. The van der Waals surface area contributed by atoms with E-state index in [2.05, 4.69) is 10.2 Å². The Labute approximate surface area is 176 Å². The first-order valence-electron chi connectivity index (χ1n) is 9.03. The van der Waals surface area contributed by atoms with Crippen molar-refractivity contribution < 1.29 is 22.7 Å². The summed E-state index contributed by atoms with van der Waals surface area (Å²) in [5, 5.41) is 20.4. The quantitative estimate of drug-likeness (QED) is 0.219. The molecule has 11 heteroatoms. The molecular formula is C20H16N5O5S+. The number of tetrazole rings is 1. The Morgan fingerprint density at radius 1 is 1.03 bits per heavy atom. The van der Waals surface area contributed by atoms with Crippen LogP contribution in [0, 0.1) is 17.0 Å². The van der Waals surface area contributed by atoms with Gasteiger partial charge in [0.15, 0.2) is 0 Å². The summed E-state index contributed by atoms with van der Waals surface area (Å²) in [6, 6.07) is 19.1. The summed E-state index contributed by atoms with van der Waals surface area (Å²) in [5.74, 6) is -0.0352. The summed E-state index contributed by atoms with van der Waals surface area (Å²) in [5.41, 5.74) is 1.24. The zero-order valence-electron chi connectivity index (χ0n) is 16.2. The number of nitro benzene ring substituents is 1. The lowest BCUT2D eigenvalue weighted by Crippen LogP contribution is -2.43. The van der Waals surface area contributed by atoms with Crippen LogP contribution in [0.2, 0.25) is 0 Å². The van der Waals surface area contributed by atoms with Crippen molar-refractivity contribution in [3.8, 4) is 22.8 Å². The molecule has 1 heterocycles. The van der Waals surface area contributed by atoms with Crippen LogP contribution >= 0.6 is 0 Å². The lowest BCUT2D eigenvalue weighted by atomic mass is 10.2. The molecular weight excluding hydrogens is 422 g/mol. The van der Waals surface area contributed by atoms with Gasteiger partial charge in [0.25, 0.3) is 15.8 Å². The number of rotatable bonds is 5. The second kappa shape index (κ2) is 7.70. The maximum Gasteiger partial charge on any atom is 0.341 e. The molecule has 0 amide bonds. The van der Waals surface area contributed by atoms with E-state index < -0.39 is 15.0 Å². The van der Waals surface area contributed by atoms with Crippen molar-refractivity contribution in [3.05, 3.63) is 88.5 Å². The third kappa shape index (κ3) is 3.91. The maximum atomic E-state index is 11.8. The van der Waals surface area contributed by atoms with Crippen LogP contribution in [0.3, 0.4) is 0 Å². The van der Waals surface area contributed by atoms with Crippen molar-refractivity contribution in [2.24, 2.45) is 0 Å². The summed E-state index contributed by atoms with van der Waals surface area (Å²) in [6.07, 6.45) is 0. The van der Waals surface area contributed by atoms with Gasteiger partial charge in [0, 0.05) is 10.9 Å². The Bertz CT molecular complexity index is 1400. The molecule has 0 unspecified atom stereocenters. The van der Waals surface area contributed by atoms with E-state index in [1.807, 2.05) is 0 Å². The van der Waals surface area contributed by atoms with Crippen LogP contribution in [0.25, 0.3) is 22.8 Å². The van der Waals surface area contributed by atoms with E-state index in [-0.39, 0.29) is 27.7 Å². The topological polar surface area (TPSA) is 132 Å². The highest BCUT2D eigenvalue weighted by Crippen LogP contribution is 2.25. The van der Waals surface area contributed by atoms with Crippen LogP contribution in [0.15, 0.2) is 77.7 Å². The minimum absolute atomic E-state index is 0.0352. The Morgan fingerprint density at radius 2 is 1.71 bits per heavy atom. The minimum atomic E-state index is -4.55. The molecule has 0 radical (unpaired) electrons. The van der Waals surface area contributed by atoms with Crippen molar-refractivity contribution in [1.29, 1.82) is 0 Å². The lowest BCUT2D eigenvalue weighted by molar-refractivity contribution is -0.736. The monoisotopic (exact) mass is 438 g/mol. The Hall–Kier alpha value is -3.96. The number of hydrogen-bond acceptors (Lipinski definition) is 6. The van der Waals surface area contributed by atoms with Gasteiger partial charge in [-0.3, -0.25) is 14.7 Å². The van der Waals surface area contributed by atoms with E-state index in [0.29, 0.717) is 11.3 Å². The van der Waals surface area contributed by atoms with Crippen molar-refractivity contribution in [1.82, 2.24) is 15.0 Å². The summed E-state index contributed by atoms with van der Waals surface area (Å²) in [7, 11) is -4.55. The maximum absolute atomic E-state index is 11.8. The van der Waals surface area contributed by atoms with Crippen LogP contribution in [0.5, 0.6) is 0 Å². The van der Waals surface area contributed by atoms with E-state index in [9.17, 15) is 23.1 Å². The normalized spacial score (nSPS) is 11.4.